The van der Waals surface area contributed by atoms with Gasteiger partial charge in [-0.25, -0.2) is 0 Å². The zero-order valence-electron chi connectivity index (χ0n) is 10.7. The van der Waals surface area contributed by atoms with E-state index >= 15 is 0 Å². The monoisotopic (exact) mass is 246 g/mol. The Hall–Kier alpha value is 0.230. The summed E-state index contributed by atoms with van der Waals surface area (Å²) in [6.07, 6.45) is 1.26. The summed E-state index contributed by atoms with van der Waals surface area (Å²) in [5, 5.41) is 0. The van der Waals surface area contributed by atoms with Gasteiger partial charge in [-0.3, -0.25) is 9.80 Å². The quantitative estimate of drug-likeness (QED) is 0.539. The summed E-state index contributed by atoms with van der Waals surface area (Å²) in [5.74, 6) is 0.821. The van der Waals surface area contributed by atoms with Crippen molar-refractivity contribution in [3.8, 4) is 0 Å². The maximum Gasteiger partial charge on any atom is 0.0593 e. The van der Waals surface area contributed by atoms with Gasteiger partial charge in [0.25, 0.3) is 0 Å². The third-order valence-electron chi connectivity index (χ3n) is 3.41. The second kappa shape index (κ2) is 8.34. The molecule has 0 bridgehead atoms. The van der Waals surface area contributed by atoms with E-state index in [1.54, 1.807) is 0 Å². The van der Waals surface area contributed by atoms with Crippen molar-refractivity contribution in [1.29, 1.82) is 0 Å². The molecule has 16 heavy (non-hydrogen) atoms. The number of hydrogen-bond donors (Lipinski definition) is 1. The van der Waals surface area contributed by atoms with Gasteiger partial charge in [0.1, 0.15) is 0 Å². The van der Waals surface area contributed by atoms with Gasteiger partial charge < -0.3 is 4.74 Å². The van der Waals surface area contributed by atoms with E-state index < -0.39 is 0 Å². The van der Waals surface area contributed by atoms with E-state index in [-0.39, 0.29) is 0 Å². The largest absolute Gasteiger partial charge is 0.379 e. The van der Waals surface area contributed by atoms with E-state index in [0.29, 0.717) is 0 Å². The molecule has 0 aromatic rings. The molecule has 3 nitrogen and oxygen atoms in total. The van der Waals surface area contributed by atoms with Crippen LogP contribution in [0.1, 0.15) is 20.3 Å². The Balaban J connectivity index is 2.07. The van der Waals surface area contributed by atoms with E-state index in [9.17, 15) is 0 Å². The molecule has 0 amide bonds. The Morgan fingerprint density at radius 2 is 1.88 bits per heavy atom. The number of piperazine rings is 1. The highest BCUT2D eigenvalue weighted by molar-refractivity contribution is 7.80. The fourth-order valence-electron chi connectivity index (χ4n) is 2.05. The number of nitrogens with zero attached hydrogens (tertiary/aromatic N) is 2. The molecule has 0 spiro atoms. The fourth-order valence-corrected chi connectivity index (χ4v) is 2.18. The van der Waals surface area contributed by atoms with Crippen molar-refractivity contribution in [2.45, 2.75) is 26.3 Å². The Labute approximate surface area is 106 Å². The van der Waals surface area contributed by atoms with Gasteiger partial charge in [0, 0.05) is 44.5 Å². The minimum Gasteiger partial charge on any atom is -0.379 e. The molecule has 1 unspecified atom stereocenters. The van der Waals surface area contributed by atoms with Gasteiger partial charge in [0.2, 0.25) is 0 Å². The molecule has 96 valence electrons. The topological polar surface area (TPSA) is 15.7 Å². The average Bonchev–Trinajstić information content (AvgIpc) is 2.34. The SMILES string of the molecule is CCC(C)N1CCN(CCOCCS)CC1. The Kier molecular flexibility index (Phi) is 7.45. The van der Waals surface area contributed by atoms with Gasteiger partial charge in [-0.1, -0.05) is 6.92 Å². The second-order valence-corrected chi connectivity index (χ2v) is 4.92. The van der Waals surface area contributed by atoms with Crippen LogP contribution in [0, 0.1) is 0 Å². The normalized spacial score (nSPS) is 21.2. The average molecular weight is 246 g/mol. The summed E-state index contributed by atoms with van der Waals surface area (Å²) in [7, 11) is 0. The van der Waals surface area contributed by atoms with Crippen LogP contribution in [0.15, 0.2) is 0 Å². The molecule has 1 aliphatic heterocycles. The molecular formula is C12H26N2OS. The molecule has 1 fully saturated rings. The maximum atomic E-state index is 5.45. The summed E-state index contributed by atoms with van der Waals surface area (Å²) in [6.45, 7) is 12.1. The summed E-state index contributed by atoms with van der Waals surface area (Å²) < 4.78 is 5.45. The third-order valence-corrected chi connectivity index (χ3v) is 3.59. The zero-order valence-corrected chi connectivity index (χ0v) is 11.6. The molecule has 0 aliphatic carbocycles. The molecule has 1 atom stereocenters. The van der Waals surface area contributed by atoms with Gasteiger partial charge in [0.15, 0.2) is 0 Å². The summed E-state index contributed by atoms with van der Waals surface area (Å²) >= 11 is 4.12. The van der Waals surface area contributed by atoms with E-state index in [0.717, 1.165) is 31.6 Å². The van der Waals surface area contributed by atoms with Crippen molar-refractivity contribution in [2.75, 3.05) is 51.7 Å². The van der Waals surface area contributed by atoms with E-state index in [1.165, 1.54) is 32.6 Å². The van der Waals surface area contributed by atoms with Crippen molar-refractivity contribution in [1.82, 2.24) is 9.80 Å². The van der Waals surface area contributed by atoms with Gasteiger partial charge in [-0.05, 0) is 13.3 Å². The van der Waals surface area contributed by atoms with Crippen LogP contribution < -0.4 is 0 Å². The molecule has 1 saturated heterocycles. The highest BCUT2D eigenvalue weighted by atomic mass is 32.1. The highest BCUT2D eigenvalue weighted by Gasteiger charge is 2.19. The number of rotatable bonds is 7. The minimum absolute atomic E-state index is 0.739. The lowest BCUT2D eigenvalue weighted by atomic mass is 10.2. The third kappa shape index (κ3) is 5.04. The highest BCUT2D eigenvalue weighted by Crippen LogP contribution is 2.08. The Morgan fingerprint density at radius 3 is 2.44 bits per heavy atom. The van der Waals surface area contributed by atoms with Gasteiger partial charge >= 0.3 is 0 Å². The van der Waals surface area contributed by atoms with E-state index in [4.69, 9.17) is 4.74 Å². The summed E-state index contributed by atoms with van der Waals surface area (Å²) in [4.78, 5) is 5.09. The van der Waals surface area contributed by atoms with Gasteiger partial charge in [-0.15, -0.1) is 0 Å². The van der Waals surface area contributed by atoms with Crippen LogP contribution in [-0.2, 0) is 4.74 Å². The summed E-state index contributed by atoms with van der Waals surface area (Å²) in [5.41, 5.74) is 0. The van der Waals surface area contributed by atoms with Crippen LogP contribution in [0.25, 0.3) is 0 Å². The number of hydrogen-bond acceptors (Lipinski definition) is 4. The van der Waals surface area contributed by atoms with Crippen LogP contribution in [0.2, 0.25) is 0 Å². The standard InChI is InChI=1S/C12H26N2OS/c1-3-12(2)14-6-4-13(5-7-14)8-9-15-10-11-16/h12,16H,3-11H2,1-2H3. The van der Waals surface area contributed by atoms with Crippen LogP contribution >= 0.6 is 12.6 Å². The first-order valence-electron chi connectivity index (χ1n) is 6.43. The molecule has 0 saturated carbocycles. The molecule has 0 N–H and O–H groups in total. The van der Waals surface area contributed by atoms with Crippen molar-refractivity contribution < 1.29 is 4.74 Å². The molecule has 1 aliphatic rings. The van der Waals surface area contributed by atoms with Crippen molar-refractivity contribution >= 4 is 12.6 Å². The van der Waals surface area contributed by atoms with Crippen LogP contribution in [0.5, 0.6) is 0 Å². The maximum absolute atomic E-state index is 5.45. The number of ether oxygens (including phenoxy) is 1. The lowest BCUT2D eigenvalue weighted by molar-refractivity contribution is 0.0677. The van der Waals surface area contributed by atoms with Crippen LogP contribution in [0.4, 0.5) is 0 Å². The van der Waals surface area contributed by atoms with Crippen molar-refractivity contribution in [3.63, 3.8) is 0 Å². The second-order valence-electron chi connectivity index (χ2n) is 4.47. The summed E-state index contributed by atoms with van der Waals surface area (Å²) in [6, 6.07) is 0.739. The molecule has 1 rings (SSSR count). The first-order chi connectivity index (χ1) is 7.77. The van der Waals surface area contributed by atoms with Crippen LogP contribution in [-0.4, -0.2) is 67.5 Å². The lowest BCUT2D eigenvalue weighted by Crippen LogP contribution is -2.50. The first kappa shape index (κ1) is 14.3. The minimum atomic E-state index is 0.739. The Bertz CT molecular complexity index is 172. The predicted octanol–water partition coefficient (Wildman–Crippen LogP) is 1.35. The molecule has 0 aromatic heterocycles. The number of thiol groups is 1. The lowest BCUT2D eigenvalue weighted by Gasteiger charge is -2.37. The molecular weight excluding hydrogens is 220 g/mol. The van der Waals surface area contributed by atoms with Crippen molar-refractivity contribution in [2.24, 2.45) is 0 Å². The predicted molar refractivity (Wildman–Crippen MR) is 72.4 cm³/mol. The van der Waals surface area contributed by atoms with Crippen LogP contribution in [0.3, 0.4) is 0 Å². The molecule has 1 heterocycles. The van der Waals surface area contributed by atoms with Crippen molar-refractivity contribution in [3.05, 3.63) is 0 Å². The van der Waals surface area contributed by atoms with Gasteiger partial charge in [-0.2, -0.15) is 12.6 Å². The first-order valence-corrected chi connectivity index (χ1v) is 7.06. The van der Waals surface area contributed by atoms with Gasteiger partial charge in [0.05, 0.1) is 13.2 Å². The fraction of sp³-hybridized carbons (Fsp3) is 1.00. The molecule has 0 radical (unpaired) electrons. The molecule has 0 aromatic carbocycles. The van der Waals surface area contributed by atoms with E-state index in [1.807, 2.05) is 0 Å². The molecule has 4 heteroatoms. The van der Waals surface area contributed by atoms with E-state index in [2.05, 4.69) is 36.3 Å². The Morgan fingerprint density at radius 1 is 1.19 bits per heavy atom. The smallest absolute Gasteiger partial charge is 0.0593 e. The zero-order chi connectivity index (χ0) is 11.8.